The van der Waals surface area contributed by atoms with Crippen LogP contribution in [0.3, 0.4) is 0 Å². The number of aliphatic hydroxyl groups is 1. The number of para-hydroxylation sites is 1. The third-order valence-electron chi connectivity index (χ3n) is 9.80. The van der Waals surface area contributed by atoms with Crippen LogP contribution in [0.5, 0.6) is 0 Å². The number of ether oxygens (including phenoxy) is 1. The van der Waals surface area contributed by atoms with Crippen LogP contribution < -0.4 is 0 Å². The molecule has 5 heterocycles. The highest BCUT2D eigenvalue weighted by Crippen LogP contribution is 2.58. The van der Waals surface area contributed by atoms with E-state index in [1.807, 2.05) is 92.7 Å². The average Bonchev–Trinajstić information content (AvgIpc) is 3.58. The standard InChI is InChI=1S/C34H38N6O5/c1-3-17-37-18-9-15-33(2)27(30(37)42)28-31(43)40(24(21-41)20-23-11-5-4-6-12-23)29-32(44)38(19-10-16-34(28,29)45-33)22-39-26-14-8-7-13-25(26)35-36-39/h4-16,24,27-29,41H,3,17-22H2,1-2H3/t24-,27-,28+,29?,33+,34+/m1/s1. The third kappa shape index (κ3) is 4.59. The van der Waals surface area contributed by atoms with Crippen LogP contribution in [0.1, 0.15) is 25.8 Å². The van der Waals surface area contributed by atoms with Crippen LogP contribution in [0, 0.1) is 11.8 Å². The molecule has 4 aliphatic heterocycles. The molecule has 0 saturated carbocycles. The fraction of sp³-hybridized carbons (Fsp3) is 0.441. The summed E-state index contributed by atoms with van der Waals surface area (Å²) in [7, 11) is 0. The van der Waals surface area contributed by atoms with Crippen molar-refractivity contribution in [1.29, 1.82) is 0 Å². The lowest BCUT2D eigenvalue weighted by molar-refractivity contribution is -0.156. The number of aromatic nitrogens is 3. The molecule has 1 aromatic heterocycles. The van der Waals surface area contributed by atoms with Gasteiger partial charge in [0.05, 0.1) is 35.6 Å². The number of rotatable bonds is 8. The lowest BCUT2D eigenvalue weighted by Crippen LogP contribution is -2.59. The van der Waals surface area contributed by atoms with Crippen molar-refractivity contribution in [3.63, 3.8) is 0 Å². The van der Waals surface area contributed by atoms with Crippen molar-refractivity contribution in [3.05, 3.63) is 84.5 Å². The minimum atomic E-state index is -1.41. The highest BCUT2D eigenvalue weighted by atomic mass is 16.5. The molecule has 45 heavy (non-hydrogen) atoms. The summed E-state index contributed by atoms with van der Waals surface area (Å²) in [6.45, 7) is 4.85. The van der Waals surface area contributed by atoms with Crippen LogP contribution in [0.15, 0.2) is 78.9 Å². The number of carbonyl (C=O) groups excluding carboxylic acids is 3. The molecule has 0 aliphatic carbocycles. The maximum atomic E-state index is 14.8. The van der Waals surface area contributed by atoms with E-state index in [9.17, 15) is 19.5 Å². The van der Waals surface area contributed by atoms with Crippen molar-refractivity contribution in [3.8, 4) is 0 Å². The molecule has 0 bridgehead atoms. The second-order valence-electron chi connectivity index (χ2n) is 12.6. The van der Waals surface area contributed by atoms with Gasteiger partial charge in [-0.05, 0) is 37.5 Å². The Hall–Kier alpha value is -4.35. The molecule has 234 valence electrons. The first-order chi connectivity index (χ1) is 21.8. The summed E-state index contributed by atoms with van der Waals surface area (Å²) in [5, 5.41) is 19.3. The molecule has 11 nitrogen and oxygen atoms in total. The molecule has 2 fully saturated rings. The van der Waals surface area contributed by atoms with E-state index in [4.69, 9.17) is 4.74 Å². The number of aliphatic hydroxyl groups excluding tert-OH is 1. The zero-order valence-corrected chi connectivity index (χ0v) is 25.5. The summed E-state index contributed by atoms with van der Waals surface area (Å²) in [5.41, 5.74) is -0.0959. The highest BCUT2D eigenvalue weighted by molar-refractivity contribution is 6.00. The van der Waals surface area contributed by atoms with E-state index >= 15 is 0 Å². The fourth-order valence-corrected chi connectivity index (χ4v) is 7.87. The maximum Gasteiger partial charge on any atom is 0.250 e. The summed E-state index contributed by atoms with van der Waals surface area (Å²) < 4.78 is 8.61. The van der Waals surface area contributed by atoms with Crippen molar-refractivity contribution < 1.29 is 24.2 Å². The number of hydrogen-bond acceptors (Lipinski definition) is 7. The second kappa shape index (κ2) is 11.2. The molecule has 11 heteroatoms. The van der Waals surface area contributed by atoms with Crippen molar-refractivity contribution in [1.82, 2.24) is 29.7 Å². The SMILES string of the molecule is CCCN1CC=C[C@]2(C)O[C@]34C=CCN(Cn5nnc6ccccc65)C(=O)C3N([C@@H](CO)Cc3ccccc3)C(=O)[C@@H]4[C@@H]2C1=O. The van der Waals surface area contributed by atoms with Crippen LogP contribution in [-0.2, 0) is 32.2 Å². The van der Waals surface area contributed by atoms with E-state index < -0.39 is 35.1 Å². The first kappa shape index (κ1) is 29.4. The highest BCUT2D eigenvalue weighted by Gasteiger charge is 2.75. The Labute approximate surface area is 261 Å². The number of hydrogen-bond donors (Lipinski definition) is 1. The smallest absolute Gasteiger partial charge is 0.250 e. The molecule has 6 atom stereocenters. The van der Waals surface area contributed by atoms with Gasteiger partial charge in [0, 0.05) is 19.6 Å². The van der Waals surface area contributed by atoms with Crippen molar-refractivity contribution >= 4 is 28.8 Å². The molecule has 1 unspecified atom stereocenters. The minimum absolute atomic E-state index is 0.106. The molecule has 0 radical (unpaired) electrons. The largest absolute Gasteiger partial charge is 0.394 e. The topological polar surface area (TPSA) is 121 Å². The molecule has 2 aromatic carbocycles. The van der Waals surface area contributed by atoms with Gasteiger partial charge in [0.15, 0.2) is 0 Å². The number of benzene rings is 2. The van der Waals surface area contributed by atoms with Crippen LogP contribution in [0.4, 0.5) is 0 Å². The van der Waals surface area contributed by atoms with Gasteiger partial charge in [-0.1, -0.05) is 78.9 Å². The lowest BCUT2D eigenvalue weighted by Gasteiger charge is -2.40. The number of likely N-dealkylation sites (tertiary alicyclic amines) is 1. The Balaban J connectivity index is 1.33. The Kier molecular flexibility index (Phi) is 7.32. The number of fused-ring (bicyclic) bond motifs is 3. The quantitative estimate of drug-likeness (QED) is 0.388. The summed E-state index contributed by atoms with van der Waals surface area (Å²) in [6.07, 6.45) is 8.63. The molecular weight excluding hydrogens is 572 g/mol. The van der Waals surface area contributed by atoms with E-state index in [-0.39, 0.29) is 37.5 Å². The van der Waals surface area contributed by atoms with E-state index in [0.717, 1.165) is 17.5 Å². The van der Waals surface area contributed by atoms with Gasteiger partial charge in [0.1, 0.15) is 23.8 Å². The Morgan fingerprint density at radius 2 is 1.67 bits per heavy atom. The van der Waals surface area contributed by atoms with Crippen molar-refractivity contribution in [2.75, 3.05) is 26.2 Å². The molecular formula is C34H38N6O5. The first-order valence-corrected chi connectivity index (χ1v) is 15.7. The normalized spacial score (nSPS) is 30.0. The van der Waals surface area contributed by atoms with Gasteiger partial charge in [-0.3, -0.25) is 14.4 Å². The minimum Gasteiger partial charge on any atom is -0.394 e. The predicted molar refractivity (Wildman–Crippen MR) is 165 cm³/mol. The molecule has 2 saturated heterocycles. The van der Waals surface area contributed by atoms with Gasteiger partial charge in [0.2, 0.25) is 11.8 Å². The van der Waals surface area contributed by atoms with Crippen molar-refractivity contribution in [2.24, 2.45) is 11.8 Å². The maximum absolute atomic E-state index is 14.8. The van der Waals surface area contributed by atoms with E-state index in [0.29, 0.717) is 25.0 Å². The average molecular weight is 611 g/mol. The molecule has 7 rings (SSSR count). The van der Waals surface area contributed by atoms with E-state index in [1.165, 1.54) is 4.90 Å². The number of nitrogens with zero attached hydrogens (tertiary/aromatic N) is 6. The Morgan fingerprint density at radius 3 is 2.44 bits per heavy atom. The zero-order valence-electron chi connectivity index (χ0n) is 25.5. The second-order valence-corrected chi connectivity index (χ2v) is 12.6. The Bertz CT molecular complexity index is 1690. The monoisotopic (exact) mass is 610 g/mol. The zero-order chi connectivity index (χ0) is 31.3. The van der Waals surface area contributed by atoms with Crippen LogP contribution >= 0.6 is 0 Å². The van der Waals surface area contributed by atoms with Crippen LogP contribution in [-0.4, -0.2) is 102 Å². The number of carbonyl (C=O) groups is 3. The van der Waals surface area contributed by atoms with Crippen LogP contribution in [0.2, 0.25) is 0 Å². The van der Waals surface area contributed by atoms with Gasteiger partial charge in [0.25, 0.3) is 5.91 Å². The summed E-state index contributed by atoms with van der Waals surface area (Å²) in [5.74, 6) is -2.61. The predicted octanol–water partition coefficient (Wildman–Crippen LogP) is 2.17. The lowest BCUT2D eigenvalue weighted by atomic mass is 9.74. The summed E-state index contributed by atoms with van der Waals surface area (Å²) in [4.78, 5) is 48.8. The van der Waals surface area contributed by atoms with Gasteiger partial charge in [-0.15, -0.1) is 5.10 Å². The fourth-order valence-electron chi connectivity index (χ4n) is 7.87. The molecule has 1 spiro atoms. The van der Waals surface area contributed by atoms with Crippen molar-refractivity contribution in [2.45, 2.75) is 56.6 Å². The van der Waals surface area contributed by atoms with E-state index in [2.05, 4.69) is 10.3 Å². The van der Waals surface area contributed by atoms with Gasteiger partial charge in [-0.2, -0.15) is 0 Å². The first-order valence-electron chi connectivity index (χ1n) is 15.7. The van der Waals surface area contributed by atoms with Gasteiger partial charge >= 0.3 is 0 Å². The Morgan fingerprint density at radius 1 is 0.933 bits per heavy atom. The van der Waals surface area contributed by atoms with Gasteiger partial charge in [-0.25, -0.2) is 4.68 Å². The molecule has 4 aliphatic rings. The molecule has 3 aromatic rings. The number of amides is 3. The van der Waals surface area contributed by atoms with Gasteiger partial charge < -0.3 is 24.5 Å². The van der Waals surface area contributed by atoms with E-state index in [1.54, 1.807) is 14.5 Å². The third-order valence-corrected chi connectivity index (χ3v) is 9.80. The molecule has 1 N–H and O–H groups in total. The molecule has 3 amide bonds. The van der Waals surface area contributed by atoms with Crippen LogP contribution in [0.25, 0.3) is 11.0 Å². The summed E-state index contributed by atoms with van der Waals surface area (Å²) in [6, 6.07) is 15.3. The summed E-state index contributed by atoms with van der Waals surface area (Å²) >= 11 is 0.